The number of hydrogen-bond donors (Lipinski definition) is 1. The molecule has 0 atom stereocenters. The lowest BCUT2D eigenvalue weighted by atomic mass is 10.2. The maximum Gasteiger partial charge on any atom is 0.119 e. The molecule has 0 amide bonds. The van der Waals surface area contributed by atoms with E-state index in [0.29, 0.717) is 0 Å². The Morgan fingerprint density at radius 3 is 2.40 bits per heavy atom. The first-order valence-electron chi connectivity index (χ1n) is 7.26. The summed E-state index contributed by atoms with van der Waals surface area (Å²) < 4.78 is 11.1. The second kappa shape index (κ2) is 9.75. The van der Waals surface area contributed by atoms with Crippen molar-refractivity contribution in [3.8, 4) is 5.75 Å². The molecule has 1 aromatic carbocycles. The van der Waals surface area contributed by atoms with Crippen LogP contribution in [0.2, 0.25) is 0 Å². The normalized spacial score (nSPS) is 11.3. The van der Waals surface area contributed by atoms with Gasteiger partial charge in [-0.15, -0.1) is 0 Å². The fourth-order valence-electron chi connectivity index (χ4n) is 1.68. The van der Waals surface area contributed by atoms with Crippen molar-refractivity contribution < 1.29 is 9.47 Å². The minimum Gasteiger partial charge on any atom is -0.491 e. The molecule has 1 N–H and O–H groups in total. The molecule has 0 saturated heterocycles. The smallest absolute Gasteiger partial charge is 0.119 e. The lowest BCUT2D eigenvalue weighted by Gasteiger charge is -2.11. The average molecular weight is 280 g/mol. The van der Waals surface area contributed by atoms with Gasteiger partial charge in [0.2, 0.25) is 0 Å². The van der Waals surface area contributed by atoms with Gasteiger partial charge in [0.25, 0.3) is 0 Å². The molecule has 0 aliphatic rings. The van der Waals surface area contributed by atoms with E-state index < -0.39 is 0 Å². The molecule has 20 heavy (non-hydrogen) atoms. The third-order valence-corrected chi connectivity index (χ3v) is 2.73. The Morgan fingerprint density at radius 2 is 1.80 bits per heavy atom. The first-order valence-corrected chi connectivity index (χ1v) is 7.26. The molecule has 0 heterocycles. The van der Waals surface area contributed by atoms with Crippen molar-refractivity contribution in [2.45, 2.75) is 26.5 Å². The molecule has 0 bridgehead atoms. The van der Waals surface area contributed by atoms with E-state index in [-0.39, 0.29) is 6.10 Å². The first-order chi connectivity index (χ1) is 9.58. The van der Waals surface area contributed by atoms with Crippen molar-refractivity contribution in [1.82, 2.24) is 10.2 Å². The van der Waals surface area contributed by atoms with Crippen LogP contribution in [0, 0.1) is 0 Å². The Labute approximate surface area is 123 Å². The minimum absolute atomic E-state index is 0.221. The van der Waals surface area contributed by atoms with E-state index in [1.165, 1.54) is 5.56 Å². The quantitative estimate of drug-likeness (QED) is 0.666. The van der Waals surface area contributed by atoms with E-state index in [2.05, 4.69) is 22.3 Å². The summed E-state index contributed by atoms with van der Waals surface area (Å²) in [5.74, 6) is 0.927. The molecule has 0 aromatic heterocycles. The molecule has 0 spiro atoms. The van der Waals surface area contributed by atoms with Gasteiger partial charge in [-0.1, -0.05) is 12.1 Å². The van der Waals surface area contributed by atoms with Crippen LogP contribution in [0.25, 0.3) is 0 Å². The summed E-state index contributed by atoms with van der Waals surface area (Å²) >= 11 is 0. The number of nitrogens with one attached hydrogen (secondary N) is 1. The summed E-state index contributed by atoms with van der Waals surface area (Å²) in [4.78, 5) is 2.12. The summed E-state index contributed by atoms with van der Waals surface area (Å²) in [5, 5.41) is 3.37. The second-order valence-electron chi connectivity index (χ2n) is 5.40. The lowest BCUT2D eigenvalue weighted by Crippen LogP contribution is -2.23. The standard InChI is InChI=1S/C16H28N2O2/c1-14(2)20-16-7-5-15(6-8-16)13-17-9-11-19-12-10-18(3)4/h5-8,14,17H,9-13H2,1-4H3. The Morgan fingerprint density at radius 1 is 1.10 bits per heavy atom. The Hall–Kier alpha value is -1.10. The van der Waals surface area contributed by atoms with Crippen LogP contribution in [0.15, 0.2) is 24.3 Å². The summed E-state index contributed by atoms with van der Waals surface area (Å²) in [6.45, 7) is 8.31. The van der Waals surface area contributed by atoms with Crippen LogP contribution >= 0.6 is 0 Å². The van der Waals surface area contributed by atoms with Gasteiger partial charge in [-0.3, -0.25) is 0 Å². The highest BCUT2D eigenvalue weighted by Gasteiger charge is 1.98. The number of nitrogens with zero attached hydrogens (tertiary/aromatic N) is 1. The third kappa shape index (κ3) is 8.15. The van der Waals surface area contributed by atoms with Gasteiger partial charge in [0.15, 0.2) is 0 Å². The van der Waals surface area contributed by atoms with E-state index in [4.69, 9.17) is 9.47 Å². The highest BCUT2D eigenvalue weighted by molar-refractivity contribution is 5.27. The van der Waals surface area contributed by atoms with Gasteiger partial charge >= 0.3 is 0 Å². The summed E-state index contributed by atoms with van der Waals surface area (Å²) in [7, 11) is 4.10. The molecule has 1 aromatic rings. The molecule has 1 rings (SSSR count). The molecular formula is C16H28N2O2. The molecule has 114 valence electrons. The monoisotopic (exact) mass is 280 g/mol. The molecular weight excluding hydrogens is 252 g/mol. The van der Waals surface area contributed by atoms with Crippen molar-refractivity contribution in [1.29, 1.82) is 0 Å². The maximum atomic E-state index is 5.61. The number of hydrogen-bond acceptors (Lipinski definition) is 4. The van der Waals surface area contributed by atoms with E-state index in [9.17, 15) is 0 Å². The minimum atomic E-state index is 0.221. The zero-order valence-electron chi connectivity index (χ0n) is 13.2. The molecule has 4 nitrogen and oxygen atoms in total. The number of benzene rings is 1. The molecule has 0 unspecified atom stereocenters. The molecule has 0 fully saturated rings. The second-order valence-corrected chi connectivity index (χ2v) is 5.40. The molecule has 0 saturated carbocycles. The third-order valence-electron chi connectivity index (χ3n) is 2.73. The van der Waals surface area contributed by atoms with Crippen LogP contribution in [0.4, 0.5) is 0 Å². The highest BCUT2D eigenvalue weighted by Crippen LogP contribution is 2.13. The van der Waals surface area contributed by atoms with Gasteiger partial charge in [0.05, 0.1) is 19.3 Å². The van der Waals surface area contributed by atoms with Gasteiger partial charge in [-0.05, 0) is 45.6 Å². The van der Waals surface area contributed by atoms with E-state index >= 15 is 0 Å². The molecule has 0 aliphatic carbocycles. The topological polar surface area (TPSA) is 33.7 Å². The summed E-state index contributed by atoms with van der Waals surface area (Å²) in [5.41, 5.74) is 1.26. The van der Waals surface area contributed by atoms with Crippen LogP contribution in [0.3, 0.4) is 0 Å². The highest BCUT2D eigenvalue weighted by atomic mass is 16.5. The first kappa shape index (κ1) is 17.0. The molecule has 0 radical (unpaired) electrons. The zero-order valence-corrected chi connectivity index (χ0v) is 13.2. The maximum absolute atomic E-state index is 5.61. The van der Waals surface area contributed by atoms with Crippen molar-refractivity contribution in [3.05, 3.63) is 29.8 Å². The predicted molar refractivity (Wildman–Crippen MR) is 83.3 cm³/mol. The number of ether oxygens (including phenoxy) is 2. The Bertz CT molecular complexity index is 350. The Balaban J connectivity index is 2.10. The average Bonchev–Trinajstić information content (AvgIpc) is 2.38. The van der Waals surface area contributed by atoms with E-state index in [0.717, 1.165) is 38.6 Å². The Kier molecular flexibility index (Phi) is 8.26. The number of rotatable bonds is 10. The van der Waals surface area contributed by atoms with Gasteiger partial charge in [-0.2, -0.15) is 0 Å². The number of likely N-dealkylation sites (N-methyl/N-ethyl adjacent to an activating group) is 1. The van der Waals surface area contributed by atoms with E-state index in [1.54, 1.807) is 0 Å². The fourth-order valence-corrected chi connectivity index (χ4v) is 1.68. The zero-order chi connectivity index (χ0) is 14.8. The summed E-state index contributed by atoms with van der Waals surface area (Å²) in [6.07, 6.45) is 0.221. The lowest BCUT2D eigenvalue weighted by molar-refractivity contribution is 0.119. The van der Waals surface area contributed by atoms with E-state index in [1.807, 2.05) is 40.1 Å². The largest absolute Gasteiger partial charge is 0.491 e. The SMILES string of the molecule is CC(C)Oc1ccc(CNCCOCCN(C)C)cc1. The molecule has 0 aliphatic heterocycles. The van der Waals surface area contributed by atoms with Crippen molar-refractivity contribution in [2.75, 3.05) is 40.4 Å². The van der Waals surface area contributed by atoms with Gasteiger partial charge in [0, 0.05) is 19.6 Å². The predicted octanol–water partition coefficient (Wildman–Crippen LogP) is 2.14. The summed E-state index contributed by atoms with van der Waals surface area (Å²) in [6, 6.07) is 8.23. The van der Waals surface area contributed by atoms with Crippen LogP contribution in [0.5, 0.6) is 5.75 Å². The van der Waals surface area contributed by atoms with Crippen LogP contribution in [-0.4, -0.2) is 51.4 Å². The van der Waals surface area contributed by atoms with Crippen molar-refractivity contribution >= 4 is 0 Å². The van der Waals surface area contributed by atoms with Crippen LogP contribution in [-0.2, 0) is 11.3 Å². The van der Waals surface area contributed by atoms with Crippen LogP contribution in [0.1, 0.15) is 19.4 Å². The fraction of sp³-hybridized carbons (Fsp3) is 0.625. The molecule has 4 heteroatoms. The van der Waals surface area contributed by atoms with Crippen LogP contribution < -0.4 is 10.1 Å². The van der Waals surface area contributed by atoms with Crippen molar-refractivity contribution in [2.24, 2.45) is 0 Å². The van der Waals surface area contributed by atoms with Gasteiger partial charge in [0.1, 0.15) is 5.75 Å². The van der Waals surface area contributed by atoms with Gasteiger partial charge < -0.3 is 19.7 Å². The van der Waals surface area contributed by atoms with Crippen molar-refractivity contribution in [3.63, 3.8) is 0 Å². The van der Waals surface area contributed by atoms with Gasteiger partial charge in [-0.25, -0.2) is 0 Å².